The molecule has 2 fully saturated rings. The lowest BCUT2D eigenvalue weighted by Gasteiger charge is -2.31. The highest BCUT2D eigenvalue weighted by molar-refractivity contribution is 5.33. The Balaban J connectivity index is 1.68. The first-order valence-corrected chi connectivity index (χ1v) is 7.03. The van der Waals surface area contributed by atoms with E-state index in [1.54, 1.807) is 0 Å². The van der Waals surface area contributed by atoms with Gasteiger partial charge in [-0.05, 0) is 43.9 Å². The fraction of sp³-hybridized carbons (Fsp3) is 0.643. The second-order valence-corrected chi connectivity index (χ2v) is 5.53. The summed E-state index contributed by atoms with van der Waals surface area (Å²) in [6, 6.07) is 6.81. The molecule has 2 heterocycles. The van der Waals surface area contributed by atoms with Crippen LogP contribution in [0.5, 0.6) is 0 Å². The van der Waals surface area contributed by atoms with E-state index >= 15 is 0 Å². The van der Waals surface area contributed by atoms with Crippen LogP contribution in [0.25, 0.3) is 0 Å². The second-order valence-electron chi connectivity index (χ2n) is 5.53. The monoisotopic (exact) mass is 246 g/mol. The molecule has 4 nitrogen and oxygen atoms in total. The van der Waals surface area contributed by atoms with E-state index in [0.717, 1.165) is 30.0 Å². The lowest BCUT2D eigenvalue weighted by molar-refractivity contribution is 0.174. The van der Waals surface area contributed by atoms with Crippen LogP contribution in [0.15, 0.2) is 18.2 Å². The van der Waals surface area contributed by atoms with Crippen molar-refractivity contribution in [1.82, 2.24) is 9.88 Å². The number of hydrogen-bond acceptors (Lipinski definition) is 4. The third-order valence-electron chi connectivity index (χ3n) is 4.44. The molecule has 1 aliphatic heterocycles. The third-order valence-corrected chi connectivity index (χ3v) is 4.44. The molecule has 0 radical (unpaired) electrons. The van der Waals surface area contributed by atoms with Crippen LogP contribution in [-0.2, 0) is 6.54 Å². The largest absolute Gasteiger partial charge is 0.308 e. The highest BCUT2D eigenvalue weighted by Crippen LogP contribution is 2.36. The van der Waals surface area contributed by atoms with Crippen molar-refractivity contribution in [3.05, 3.63) is 23.9 Å². The molecule has 18 heavy (non-hydrogen) atoms. The van der Waals surface area contributed by atoms with Crippen molar-refractivity contribution in [2.45, 2.75) is 44.7 Å². The lowest BCUT2D eigenvalue weighted by Crippen LogP contribution is -2.34. The molecule has 4 heteroatoms. The topological polar surface area (TPSA) is 54.2 Å². The minimum Gasteiger partial charge on any atom is -0.308 e. The molecule has 2 unspecified atom stereocenters. The van der Waals surface area contributed by atoms with E-state index in [1.807, 2.05) is 12.1 Å². The molecule has 0 bridgehead atoms. The zero-order chi connectivity index (χ0) is 12.4. The molecular formula is C14H22N4. The van der Waals surface area contributed by atoms with Crippen molar-refractivity contribution in [2.24, 2.45) is 11.8 Å². The van der Waals surface area contributed by atoms with Gasteiger partial charge in [-0.2, -0.15) is 0 Å². The molecule has 3 N–H and O–H groups in total. The van der Waals surface area contributed by atoms with E-state index in [-0.39, 0.29) is 0 Å². The third kappa shape index (κ3) is 2.35. The maximum absolute atomic E-state index is 5.41. The Kier molecular flexibility index (Phi) is 3.48. The van der Waals surface area contributed by atoms with Crippen molar-refractivity contribution in [3.63, 3.8) is 0 Å². The van der Waals surface area contributed by atoms with E-state index in [1.165, 1.54) is 38.6 Å². The van der Waals surface area contributed by atoms with Gasteiger partial charge in [0.05, 0.1) is 5.69 Å². The van der Waals surface area contributed by atoms with Crippen molar-refractivity contribution < 1.29 is 0 Å². The summed E-state index contributed by atoms with van der Waals surface area (Å²) in [4.78, 5) is 7.13. The first-order chi connectivity index (χ1) is 8.86. The molecule has 1 aliphatic carbocycles. The average molecular weight is 246 g/mol. The maximum atomic E-state index is 5.41. The molecule has 0 amide bonds. The summed E-state index contributed by atoms with van der Waals surface area (Å²) >= 11 is 0. The fourth-order valence-electron chi connectivity index (χ4n) is 3.56. The maximum Gasteiger partial charge on any atom is 0.140 e. The van der Waals surface area contributed by atoms with Gasteiger partial charge in [-0.3, -0.25) is 4.90 Å². The van der Waals surface area contributed by atoms with Gasteiger partial charge in [0.2, 0.25) is 0 Å². The first-order valence-electron chi connectivity index (χ1n) is 7.03. The number of nitrogens with two attached hydrogens (primary N) is 1. The van der Waals surface area contributed by atoms with Crippen LogP contribution in [0, 0.1) is 5.92 Å². The Bertz CT molecular complexity index is 407. The van der Waals surface area contributed by atoms with Crippen LogP contribution < -0.4 is 11.3 Å². The molecule has 98 valence electrons. The molecule has 1 saturated carbocycles. The Morgan fingerprint density at radius 1 is 1.28 bits per heavy atom. The predicted octanol–water partition coefficient (Wildman–Crippen LogP) is 2.13. The van der Waals surface area contributed by atoms with E-state index in [0.29, 0.717) is 0 Å². The van der Waals surface area contributed by atoms with Gasteiger partial charge >= 0.3 is 0 Å². The Morgan fingerprint density at radius 2 is 2.17 bits per heavy atom. The van der Waals surface area contributed by atoms with E-state index in [2.05, 4.69) is 21.4 Å². The van der Waals surface area contributed by atoms with Gasteiger partial charge in [0.1, 0.15) is 5.82 Å². The van der Waals surface area contributed by atoms with Crippen molar-refractivity contribution in [3.8, 4) is 0 Å². The zero-order valence-corrected chi connectivity index (χ0v) is 10.8. The molecule has 3 rings (SSSR count). The summed E-state index contributed by atoms with van der Waals surface area (Å²) in [5.41, 5.74) is 3.74. The summed E-state index contributed by atoms with van der Waals surface area (Å²) < 4.78 is 0. The summed E-state index contributed by atoms with van der Waals surface area (Å²) in [5.74, 6) is 7.10. The normalized spacial score (nSPS) is 28.1. The molecule has 2 atom stereocenters. The number of nitrogens with one attached hydrogen (secondary N) is 1. The molecule has 2 aliphatic rings. The van der Waals surface area contributed by atoms with Crippen LogP contribution in [0.3, 0.4) is 0 Å². The number of anilines is 1. The summed E-state index contributed by atoms with van der Waals surface area (Å²) in [6.45, 7) is 2.20. The number of hydrazine groups is 1. The minimum absolute atomic E-state index is 0.756. The molecule has 0 aromatic carbocycles. The number of aromatic nitrogens is 1. The van der Waals surface area contributed by atoms with Crippen LogP contribution in [0.4, 0.5) is 5.82 Å². The highest BCUT2D eigenvalue weighted by atomic mass is 15.3. The SMILES string of the molecule is NNc1cccc(CN2CCC3CCCCC32)n1. The Hall–Kier alpha value is -1.13. The second kappa shape index (κ2) is 5.24. The Labute approximate surface area is 109 Å². The van der Waals surface area contributed by atoms with Gasteiger partial charge in [0.25, 0.3) is 0 Å². The van der Waals surface area contributed by atoms with Gasteiger partial charge in [-0.15, -0.1) is 0 Å². The Morgan fingerprint density at radius 3 is 3.06 bits per heavy atom. The van der Waals surface area contributed by atoms with E-state index in [4.69, 9.17) is 5.84 Å². The number of likely N-dealkylation sites (tertiary alicyclic amines) is 1. The van der Waals surface area contributed by atoms with Crippen LogP contribution in [0.1, 0.15) is 37.8 Å². The van der Waals surface area contributed by atoms with Gasteiger partial charge in [0.15, 0.2) is 0 Å². The van der Waals surface area contributed by atoms with E-state index < -0.39 is 0 Å². The molecule has 1 aromatic heterocycles. The molecule has 1 saturated heterocycles. The van der Waals surface area contributed by atoms with Crippen LogP contribution in [0.2, 0.25) is 0 Å². The fourth-order valence-corrected chi connectivity index (χ4v) is 3.56. The number of nitrogens with zero attached hydrogens (tertiary/aromatic N) is 2. The number of pyridine rings is 1. The number of rotatable bonds is 3. The predicted molar refractivity (Wildman–Crippen MR) is 72.8 cm³/mol. The van der Waals surface area contributed by atoms with Gasteiger partial charge in [-0.1, -0.05) is 18.9 Å². The average Bonchev–Trinajstić information content (AvgIpc) is 2.83. The van der Waals surface area contributed by atoms with E-state index in [9.17, 15) is 0 Å². The van der Waals surface area contributed by atoms with Gasteiger partial charge < -0.3 is 5.43 Å². The standard InChI is InChI=1S/C14H22N4/c15-17-14-7-3-5-12(16-14)10-18-9-8-11-4-1-2-6-13(11)18/h3,5,7,11,13H,1-2,4,6,8-10,15H2,(H,16,17). The summed E-state index contributed by atoms with van der Waals surface area (Å²) in [6.07, 6.45) is 7.01. The van der Waals surface area contributed by atoms with Crippen LogP contribution in [-0.4, -0.2) is 22.5 Å². The number of hydrogen-bond donors (Lipinski definition) is 2. The van der Waals surface area contributed by atoms with Crippen molar-refractivity contribution >= 4 is 5.82 Å². The van der Waals surface area contributed by atoms with Crippen molar-refractivity contribution in [1.29, 1.82) is 0 Å². The molecule has 0 spiro atoms. The molecule has 1 aromatic rings. The van der Waals surface area contributed by atoms with Crippen molar-refractivity contribution in [2.75, 3.05) is 12.0 Å². The van der Waals surface area contributed by atoms with Gasteiger partial charge in [-0.25, -0.2) is 10.8 Å². The quantitative estimate of drug-likeness (QED) is 0.633. The zero-order valence-electron chi connectivity index (χ0n) is 10.8. The number of nitrogen functional groups attached to an aromatic ring is 1. The smallest absolute Gasteiger partial charge is 0.140 e. The van der Waals surface area contributed by atoms with Crippen LogP contribution >= 0.6 is 0 Å². The molecular weight excluding hydrogens is 224 g/mol. The lowest BCUT2D eigenvalue weighted by atomic mass is 9.85. The summed E-state index contributed by atoms with van der Waals surface area (Å²) in [7, 11) is 0. The first kappa shape index (κ1) is 11.9. The number of fused-ring (bicyclic) bond motifs is 1. The highest BCUT2D eigenvalue weighted by Gasteiger charge is 2.35. The van der Waals surface area contributed by atoms with Gasteiger partial charge in [0, 0.05) is 12.6 Å². The minimum atomic E-state index is 0.756. The summed E-state index contributed by atoms with van der Waals surface area (Å²) in [5, 5.41) is 0.